The molecule has 0 aromatic rings. The van der Waals surface area contributed by atoms with E-state index in [1.807, 2.05) is 6.26 Å². The van der Waals surface area contributed by atoms with Gasteiger partial charge < -0.3 is 16.2 Å². The van der Waals surface area contributed by atoms with Gasteiger partial charge in [0.2, 0.25) is 5.78 Å². The number of thiol groups is 1. The highest BCUT2D eigenvalue weighted by molar-refractivity contribution is 7.98. The number of nitrogens with two attached hydrogens (primary N) is 2. The summed E-state index contributed by atoms with van der Waals surface area (Å²) in [5, 5.41) is 0. The number of Topliss-reactive ketones (excluding diaryl/α,β-unsaturated/α-hetero) is 1. The number of esters is 2. The van der Waals surface area contributed by atoms with Crippen LogP contribution >= 0.6 is 24.4 Å². The Kier molecular flexibility index (Phi) is 9.08. The van der Waals surface area contributed by atoms with Crippen LogP contribution < -0.4 is 11.5 Å². The zero-order valence-corrected chi connectivity index (χ0v) is 11.8. The highest BCUT2D eigenvalue weighted by Gasteiger charge is 2.24. The smallest absolute Gasteiger partial charge is 0.382 e. The van der Waals surface area contributed by atoms with Crippen molar-refractivity contribution in [2.45, 2.75) is 24.9 Å². The molecule has 0 spiro atoms. The van der Waals surface area contributed by atoms with Gasteiger partial charge in [-0.15, -0.1) is 0 Å². The predicted octanol–water partition coefficient (Wildman–Crippen LogP) is -0.647. The first-order valence-electron chi connectivity index (χ1n) is 5.32. The number of thioether (sulfide) groups is 1. The number of ether oxygens (including phenoxy) is 1. The fourth-order valence-electron chi connectivity index (χ4n) is 0.973. The van der Waals surface area contributed by atoms with Crippen LogP contribution in [0.15, 0.2) is 0 Å². The van der Waals surface area contributed by atoms with E-state index in [4.69, 9.17) is 11.5 Å². The lowest BCUT2D eigenvalue weighted by molar-refractivity contribution is -0.165. The second-order valence-corrected chi connectivity index (χ2v) is 5.02. The number of rotatable bonds is 8. The summed E-state index contributed by atoms with van der Waals surface area (Å²) in [5.74, 6) is -2.01. The maximum absolute atomic E-state index is 11.3. The quantitative estimate of drug-likeness (QED) is 0.236. The van der Waals surface area contributed by atoms with E-state index in [0.717, 1.165) is 0 Å². The van der Waals surface area contributed by atoms with Gasteiger partial charge in [-0.05, 0) is 18.4 Å². The van der Waals surface area contributed by atoms with Crippen LogP contribution in [-0.4, -0.2) is 47.6 Å². The summed E-state index contributed by atoms with van der Waals surface area (Å²) in [7, 11) is 0. The lowest BCUT2D eigenvalue weighted by Crippen LogP contribution is -2.37. The van der Waals surface area contributed by atoms with E-state index < -0.39 is 29.8 Å². The van der Waals surface area contributed by atoms with Crippen LogP contribution in [0.3, 0.4) is 0 Å². The van der Waals surface area contributed by atoms with E-state index in [-0.39, 0.29) is 12.2 Å². The second kappa shape index (κ2) is 9.37. The molecule has 0 amide bonds. The van der Waals surface area contributed by atoms with Crippen molar-refractivity contribution >= 4 is 42.1 Å². The Morgan fingerprint density at radius 3 is 2.44 bits per heavy atom. The van der Waals surface area contributed by atoms with Gasteiger partial charge in [0, 0.05) is 18.2 Å². The van der Waals surface area contributed by atoms with Crippen LogP contribution in [0.5, 0.6) is 0 Å². The van der Waals surface area contributed by atoms with Crippen molar-refractivity contribution in [2.75, 3.05) is 17.8 Å². The number of hydrogen-bond acceptors (Lipinski definition) is 8. The molecule has 1 unspecified atom stereocenters. The molecule has 0 aliphatic rings. The van der Waals surface area contributed by atoms with Gasteiger partial charge in [-0.1, -0.05) is 0 Å². The van der Waals surface area contributed by atoms with Gasteiger partial charge in [-0.25, -0.2) is 9.59 Å². The normalized spacial score (nSPS) is 13.8. The van der Waals surface area contributed by atoms with Gasteiger partial charge in [-0.2, -0.15) is 24.4 Å². The second-order valence-electron chi connectivity index (χ2n) is 3.67. The molecule has 0 aromatic carbocycles. The molecule has 6 nitrogen and oxygen atoms in total. The van der Waals surface area contributed by atoms with Crippen molar-refractivity contribution in [3.05, 3.63) is 0 Å². The molecule has 0 aliphatic carbocycles. The SMILES string of the molecule is CSCC[C@H](N)C(=O)OC(=O)C(=O)CC(N)CS. The van der Waals surface area contributed by atoms with Gasteiger partial charge in [0.05, 0.1) is 0 Å². The minimum atomic E-state index is -1.21. The van der Waals surface area contributed by atoms with Crippen LogP contribution in [0, 0.1) is 0 Å². The van der Waals surface area contributed by atoms with Crippen LogP contribution in [0.2, 0.25) is 0 Å². The molecule has 0 saturated heterocycles. The molecule has 0 rings (SSSR count). The van der Waals surface area contributed by atoms with E-state index in [9.17, 15) is 14.4 Å². The summed E-state index contributed by atoms with van der Waals surface area (Å²) in [4.78, 5) is 33.9. The minimum absolute atomic E-state index is 0.199. The Hall–Kier alpha value is -0.570. The molecular formula is C10H18N2O4S2. The third-order valence-corrected chi connectivity index (χ3v) is 3.15. The van der Waals surface area contributed by atoms with Crippen molar-refractivity contribution in [2.24, 2.45) is 11.5 Å². The van der Waals surface area contributed by atoms with Gasteiger partial charge in [-0.3, -0.25) is 4.79 Å². The lowest BCUT2D eigenvalue weighted by Gasteiger charge is -2.10. The third-order valence-electron chi connectivity index (χ3n) is 2.04. The predicted molar refractivity (Wildman–Crippen MR) is 73.5 cm³/mol. The molecule has 0 radical (unpaired) electrons. The zero-order valence-electron chi connectivity index (χ0n) is 10.1. The van der Waals surface area contributed by atoms with Crippen LogP contribution in [-0.2, 0) is 19.1 Å². The number of ketones is 1. The van der Waals surface area contributed by atoms with Crippen LogP contribution in [0.4, 0.5) is 0 Å². The maximum Gasteiger partial charge on any atom is 0.382 e. The molecule has 0 heterocycles. The van der Waals surface area contributed by atoms with Crippen LogP contribution in [0.25, 0.3) is 0 Å². The number of carbonyl (C=O) groups excluding carboxylic acids is 3. The Bertz CT molecular complexity index is 312. The van der Waals surface area contributed by atoms with Crippen molar-refractivity contribution in [3.8, 4) is 0 Å². The number of hydrogen-bond donors (Lipinski definition) is 3. The fraction of sp³-hybridized carbons (Fsp3) is 0.700. The maximum atomic E-state index is 11.3. The summed E-state index contributed by atoms with van der Waals surface area (Å²) >= 11 is 5.40. The monoisotopic (exact) mass is 294 g/mol. The van der Waals surface area contributed by atoms with Crippen LogP contribution in [0.1, 0.15) is 12.8 Å². The molecule has 4 N–H and O–H groups in total. The summed E-state index contributed by atoms with van der Waals surface area (Å²) in [6, 6.07) is -1.43. The van der Waals surface area contributed by atoms with Crippen molar-refractivity contribution in [3.63, 3.8) is 0 Å². The molecule has 0 aliphatic heterocycles. The van der Waals surface area contributed by atoms with E-state index in [1.165, 1.54) is 11.8 Å². The molecule has 0 saturated carbocycles. The van der Waals surface area contributed by atoms with Crippen molar-refractivity contribution in [1.82, 2.24) is 0 Å². The molecular weight excluding hydrogens is 276 g/mol. The Morgan fingerprint density at radius 2 is 1.94 bits per heavy atom. The average Bonchev–Trinajstić information content (AvgIpc) is 2.35. The lowest BCUT2D eigenvalue weighted by atomic mass is 10.2. The molecule has 0 fully saturated rings. The zero-order chi connectivity index (χ0) is 14.1. The largest absolute Gasteiger partial charge is 0.386 e. The van der Waals surface area contributed by atoms with E-state index in [2.05, 4.69) is 17.4 Å². The van der Waals surface area contributed by atoms with Gasteiger partial charge in [0.25, 0.3) is 0 Å². The summed E-state index contributed by atoms with van der Waals surface area (Å²) in [6.45, 7) is 0. The Labute approximate surface area is 116 Å². The van der Waals surface area contributed by atoms with Gasteiger partial charge >= 0.3 is 11.9 Å². The first-order valence-corrected chi connectivity index (χ1v) is 7.34. The first-order chi connectivity index (χ1) is 8.42. The standard InChI is InChI=1S/C10H18N2O4S2/c1-18-3-2-7(12)9(14)16-10(15)8(13)4-6(11)5-17/h6-7,17H,2-5,11-12H2,1H3/t6?,7-/m0/s1. The minimum Gasteiger partial charge on any atom is -0.386 e. The van der Waals surface area contributed by atoms with E-state index >= 15 is 0 Å². The van der Waals surface area contributed by atoms with Gasteiger partial charge in [0.1, 0.15) is 6.04 Å². The van der Waals surface area contributed by atoms with Crippen molar-refractivity contribution in [1.29, 1.82) is 0 Å². The molecule has 2 atom stereocenters. The van der Waals surface area contributed by atoms with E-state index in [0.29, 0.717) is 12.2 Å². The Morgan fingerprint density at radius 1 is 1.33 bits per heavy atom. The van der Waals surface area contributed by atoms with E-state index in [1.54, 1.807) is 0 Å². The molecule has 0 bridgehead atoms. The Balaban J connectivity index is 4.14. The highest BCUT2D eigenvalue weighted by atomic mass is 32.2. The molecule has 8 heteroatoms. The average molecular weight is 294 g/mol. The fourth-order valence-corrected chi connectivity index (χ4v) is 1.59. The molecule has 0 aromatic heterocycles. The third kappa shape index (κ3) is 7.00. The number of carbonyl (C=O) groups is 3. The topological polar surface area (TPSA) is 112 Å². The van der Waals surface area contributed by atoms with Gasteiger partial charge in [0.15, 0.2) is 0 Å². The summed E-state index contributed by atoms with van der Waals surface area (Å²) in [6.07, 6.45) is 2.05. The van der Waals surface area contributed by atoms with Crippen molar-refractivity contribution < 1.29 is 19.1 Å². The summed E-state index contributed by atoms with van der Waals surface area (Å²) in [5.41, 5.74) is 10.9. The first kappa shape index (κ1) is 17.4. The summed E-state index contributed by atoms with van der Waals surface area (Å²) < 4.78 is 4.37. The highest BCUT2D eigenvalue weighted by Crippen LogP contribution is 2.02. The molecule has 18 heavy (non-hydrogen) atoms. The molecule has 104 valence electrons.